The second-order valence-corrected chi connectivity index (χ2v) is 10.4. The van der Waals surface area contributed by atoms with Crippen molar-refractivity contribution < 1.29 is 43.3 Å². The van der Waals surface area contributed by atoms with Crippen LogP contribution in [0.5, 0.6) is 5.75 Å². The van der Waals surface area contributed by atoms with Crippen molar-refractivity contribution in [2.45, 2.75) is 59.0 Å². The molecule has 1 aromatic heterocycles. The smallest absolute Gasteiger partial charge is 0.409 e. The lowest BCUT2D eigenvalue weighted by atomic mass is 9.91. The molecule has 1 saturated heterocycles. The number of ether oxygens (including phenoxy) is 3. The summed E-state index contributed by atoms with van der Waals surface area (Å²) < 4.78 is 16.1. The Bertz CT molecular complexity index is 1370. The predicted octanol–water partition coefficient (Wildman–Crippen LogP) is 2.61. The monoisotopic (exact) mass is 586 g/mol. The SMILES string of the molecule is CCOC(=O)CCC(C(=O)N1CCN(C(=O)OCC)CC1)c1nc2cc(C)ccc2c(OC(C)(C)C(=O)O)c1C(N)=O. The number of esters is 1. The topological polar surface area (TPSA) is 179 Å². The van der Waals surface area contributed by atoms with E-state index in [0.29, 0.717) is 10.9 Å². The van der Waals surface area contributed by atoms with Crippen LogP contribution in [0.4, 0.5) is 4.79 Å². The molecule has 0 spiro atoms. The van der Waals surface area contributed by atoms with E-state index < -0.39 is 41.4 Å². The average Bonchev–Trinajstić information content (AvgIpc) is 2.92. The van der Waals surface area contributed by atoms with Gasteiger partial charge in [0.1, 0.15) is 11.3 Å². The molecule has 3 N–H and O–H groups in total. The fraction of sp³-hybridized carbons (Fsp3) is 0.517. The predicted molar refractivity (Wildman–Crippen MR) is 151 cm³/mol. The van der Waals surface area contributed by atoms with E-state index in [9.17, 15) is 29.1 Å². The van der Waals surface area contributed by atoms with E-state index >= 15 is 0 Å². The Balaban J connectivity index is 2.16. The molecule has 0 aliphatic carbocycles. The summed E-state index contributed by atoms with van der Waals surface area (Å²) in [6.07, 6.45) is -0.702. The lowest BCUT2D eigenvalue weighted by Gasteiger charge is -2.36. The minimum Gasteiger partial charge on any atom is -0.478 e. The number of hydrogen-bond acceptors (Lipinski definition) is 9. The molecule has 2 heterocycles. The first-order chi connectivity index (χ1) is 19.8. The molecule has 1 atom stereocenters. The molecule has 1 aliphatic heterocycles. The molecule has 2 aromatic rings. The summed E-state index contributed by atoms with van der Waals surface area (Å²) in [7, 11) is 0. The van der Waals surface area contributed by atoms with Crippen molar-refractivity contribution in [2.75, 3.05) is 39.4 Å². The Morgan fingerprint density at radius 1 is 1.02 bits per heavy atom. The third-order valence-corrected chi connectivity index (χ3v) is 6.93. The molecular formula is C29H38N4O9. The average molecular weight is 587 g/mol. The Labute approximate surface area is 243 Å². The first kappa shape index (κ1) is 32.1. The van der Waals surface area contributed by atoms with Gasteiger partial charge in [0, 0.05) is 38.0 Å². The number of carbonyl (C=O) groups is 5. The van der Waals surface area contributed by atoms with Crippen LogP contribution < -0.4 is 10.5 Å². The number of hydrogen-bond donors (Lipinski definition) is 2. The number of primary amides is 1. The van der Waals surface area contributed by atoms with E-state index in [1.165, 1.54) is 23.6 Å². The molecule has 3 rings (SSSR count). The van der Waals surface area contributed by atoms with Crippen molar-refractivity contribution in [3.05, 3.63) is 35.0 Å². The molecule has 1 aromatic carbocycles. The number of aromatic nitrogens is 1. The number of carboxylic acids is 1. The van der Waals surface area contributed by atoms with Gasteiger partial charge in [-0.15, -0.1) is 0 Å². The third-order valence-electron chi connectivity index (χ3n) is 6.93. The van der Waals surface area contributed by atoms with E-state index in [4.69, 9.17) is 19.9 Å². The summed E-state index contributed by atoms with van der Waals surface area (Å²) in [5.41, 5.74) is 4.98. The van der Waals surface area contributed by atoms with E-state index in [-0.39, 0.29) is 69.2 Å². The van der Waals surface area contributed by atoms with Crippen LogP contribution in [0.25, 0.3) is 10.9 Å². The van der Waals surface area contributed by atoms with Crippen LogP contribution in [0.1, 0.15) is 68.1 Å². The van der Waals surface area contributed by atoms with Crippen molar-refractivity contribution in [2.24, 2.45) is 5.73 Å². The fourth-order valence-corrected chi connectivity index (χ4v) is 4.67. The van der Waals surface area contributed by atoms with Crippen LogP contribution in [-0.4, -0.2) is 94.7 Å². The van der Waals surface area contributed by atoms with Gasteiger partial charge in [0.2, 0.25) is 5.91 Å². The highest BCUT2D eigenvalue weighted by Gasteiger charge is 2.38. The normalized spacial score (nSPS) is 14.3. The lowest BCUT2D eigenvalue weighted by molar-refractivity contribution is -0.152. The first-order valence-corrected chi connectivity index (χ1v) is 13.8. The van der Waals surface area contributed by atoms with Gasteiger partial charge in [-0.3, -0.25) is 19.4 Å². The zero-order chi connectivity index (χ0) is 31.2. The number of rotatable bonds is 11. The molecule has 0 bridgehead atoms. The number of pyridine rings is 1. The first-order valence-electron chi connectivity index (χ1n) is 13.8. The molecule has 13 heteroatoms. The second kappa shape index (κ2) is 13.5. The zero-order valence-electron chi connectivity index (χ0n) is 24.6. The highest BCUT2D eigenvalue weighted by molar-refractivity contribution is 6.05. The summed E-state index contributed by atoms with van der Waals surface area (Å²) in [5, 5.41) is 10.1. The molecule has 1 fully saturated rings. The summed E-state index contributed by atoms with van der Waals surface area (Å²) in [5.74, 6) is -4.48. The van der Waals surface area contributed by atoms with Gasteiger partial charge in [0.15, 0.2) is 5.60 Å². The van der Waals surface area contributed by atoms with Gasteiger partial charge in [-0.2, -0.15) is 0 Å². The number of fused-ring (bicyclic) bond motifs is 1. The van der Waals surface area contributed by atoms with Crippen molar-refractivity contribution >= 4 is 40.7 Å². The van der Waals surface area contributed by atoms with Crippen molar-refractivity contribution in [3.8, 4) is 5.75 Å². The second-order valence-electron chi connectivity index (χ2n) is 10.4. The van der Waals surface area contributed by atoms with Gasteiger partial charge in [0.25, 0.3) is 5.91 Å². The van der Waals surface area contributed by atoms with Crippen molar-refractivity contribution in [1.29, 1.82) is 0 Å². The number of aliphatic carboxylic acids is 1. The Hall–Kier alpha value is -4.42. The minimum atomic E-state index is -1.77. The molecule has 13 nitrogen and oxygen atoms in total. The van der Waals surface area contributed by atoms with Crippen LogP contribution in [0.3, 0.4) is 0 Å². The van der Waals surface area contributed by atoms with E-state index in [1.807, 2.05) is 6.92 Å². The number of nitrogens with zero attached hydrogens (tertiary/aromatic N) is 3. The quantitative estimate of drug-likeness (QED) is 0.372. The number of piperazine rings is 1. The molecule has 1 unspecified atom stereocenters. The Morgan fingerprint density at radius 2 is 1.64 bits per heavy atom. The van der Waals surface area contributed by atoms with Gasteiger partial charge in [0.05, 0.1) is 30.3 Å². The molecule has 1 aliphatic rings. The van der Waals surface area contributed by atoms with E-state index in [1.54, 1.807) is 32.0 Å². The number of benzene rings is 1. The maximum absolute atomic E-state index is 14.1. The minimum absolute atomic E-state index is 0.0288. The van der Waals surface area contributed by atoms with Crippen LogP contribution in [-0.2, 0) is 23.9 Å². The van der Waals surface area contributed by atoms with E-state index in [2.05, 4.69) is 4.98 Å². The summed E-state index contributed by atoms with van der Waals surface area (Å²) in [4.78, 5) is 71.3. The third kappa shape index (κ3) is 7.25. The standard InChI is InChI=1S/C29H38N4O9/c1-6-40-21(34)11-10-19(26(36)32-12-14-33(15-13-32)28(39)41-7-2)23-22(25(30)35)24(42-29(4,5)27(37)38)18-9-8-17(3)16-20(18)31-23/h8-9,16,19H,6-7,10-15H2,1-5H3,(H2,30,35)(H,37,38). The Morgan fingerprint density at radius 3 is 2.21 bits per heavy atom. The largest absolute Gasteiger partial charge is 0.478 e. The fourth-order valence-electron chi connectivity index (χ4n) is 4.67. The summed E-state index contributed by atoms with van der Waals surface area (Å²) in [6.45, 7) is 9.03. The van der Waals surface area contributed by atoms with Crippen LogP contribution in [0.2, 0.25) is 0 Å². The van der Waals surface area contributed by atoms with Crippen LogP contribution in [0, 0.1) is 6.92 Å². The number of carbonyl (C=O) groups excluding carboxylic acids is 4. The molecule has 228 valence electrons. The molecule has 42 heavy (non-hydrogen) atoms. The van der Waals surface area contributed by atoms with Crippen molar-refractivity contribution in [1.82, 2.24) is 14.8 Å². The summed E-state index contributed by atoms with van der Waals surface area (Å²) in [6, 6.07) is 5.11. The molecular weight excluding hydrogens is 548 g/mol. The highest BCUT2D eigenvalue weighted by Crippen LogP contribution is 2.38. The van der Waals surface area contributed by atoms with Gasteiger partial charge in [-0.1, -0.05) is 6.07 Å². The highest BCUT2D eigenvalue weighted by atomic mass is 16.6. The molecule has 0 radical (unpaired) electrons. The van der Waals surface area contributed by atoms with Gasteiger partial charge >= 0.3 is 18.0 Å². The van der Waals surface area contributed by atoms with Gasteiger partial charge < -0.3 is 34.9 Å². The van der Waals surface area contributed by atoms with E-state index in [0.717, 1.165) is 5.56 Å². The number of amides is 3. The number of aryl methyl sites for hydroxylation is 1. The van der Waals surface area contributed by atoms with Crippen LogP contribution in [0.15, 0.2) is 18.2 Å². The molecule has 0 saturated carbocycles. The maximum atomic E-state index is 14.1. The number of carboxylic acid groups (broad SMARTS) is 1. The lowest BCUT2D eigenvalue weighted by Crippen LogP contribution is -2.52. The van der Waals surface area contributed by atoms with Gasteiger partial charge in [-0.05, 0) is 58.7 Å². The summed E-state index contributed by atoms with van der Waals surface area (Å²) >= 11 is 0. The van der Waals surface area contributed by atoms with Crippen molar-refractivity contribution in [3.63, 3.8) is 0 Å². The Kier molecular flexibility index (Phi) is 10.3. The van der Waals surface area contributed by atoms with Gasteiger partial charge in [-0.25, -0.2) is 9.59 Å². The number of nitrogens with two attached hydrogens (primary N) is 1. The maximum Gasteiger partial charge on any atom is 0.409 e. The molecule has 3 amide bonds. The zero-order valence-corrected chi connectivity index (χ0v) is 24.6. The van der Waals surface area contributed by atoms with Crippen LogP contribution >= 0.6 is 0 Å².